The molecule has 0 aromatic carbocycles. The van der Waals surface area contributed by atoms with E-state index in [1.165, 1.54) is 11.5 Å². The van der Waals surface area contributed by atoms with Gasteiger partial charge in [-0.25, -0.2) is 4.98 Å². The monoisotopic (exact) mass is 179 g/mol. The summed E-state index contributed by atoms with van der Waals surface area (Å²) in [6, 6.07) is 3.98. The molecule has 0 radical (unpaired) electrons. The fourth-order valence-electron chi connectivity index (χ4n) is 1.08. The third kappa shape index (κ3) is 1.04. The molecule has 0 spiro atoms. The van der Waals surface area contributed by atoms with Crippen molar-refractivity contribution in [2.75, 3.05) is 5.73 Å². The first-order chi connectivity index (χ1) is 5.81. The smallest absolute Gasteiger partial charge is 0.146 e. The van der Waals surface area contributed by atoms with Crippen LogP contribution in [0.4, 0.5) is 5.82 Å². The highest BCUT2D eigenvalue weighted by molar-refractivity contribution is 7.13. The van der Waals surface area contributed by atoms with Gasteiger partial charge in [0.2, 0.25) is 0 Å². The molecular formula is C8H9N3S. The quantitative estimate of drug-likeness (QED) is 0.726. The van der Waals surface area contributed by atoms with Gasteiger partial charge in [0.1, 0.15) is 10.6 Å². The SMILES string of the molecule is CCc1ccc2c(N)nsc2n1. The fourth-order valence-corrected chi connectivity index (χ4v) is 1.79. The van der Waals surface area contributed by atoms with Crippen molar-refractivity contribution >= 4 is 27.6 Å². The molecule has 0 fully saturated rings. The predicted molar refractivity (Wildman–Crippen MR) is 51.2 cm³/mol. The van der Waals surface area contributed by atoms with Gasteiger partial charge in [-0.2, -0.15) is 4.37 Å². The zero-order valence-electron chi connectivity index (χ0n) is 6.74. The van der Waals surface area contributed by atoms with Crippen LogP contribution in [0.3, 0.4) is 0 Å². The Morgan fingerprint density at radius 1 is 1.50 bits per heavy atom. The van der Waals surface area contributed by atoms with E-state index in [-0.39, 0.29) is 0 Å². The summed E-state index contributed by atoms with van der Waals surface area (Å²) in [6.45, 7) is 2.08. The first-order valence-electron chi connectivity index (χ1n) is 3.82. The Balaban J connectivity index is 2.69. The van der Waals surface area contributed by atoms with Crippen molar-refractivity contribution in [1.82, 2.24) is 9.36 Å². The zero-order valence-corrected chi connectivity index (χ0v) is 7.56. The van der Waals surface area contributed by atoms with Gasteiger partial charge in [0.05, 0.1) is 5.39 Å². The minimum Gasteiger partial charge on any atom is -0.382 e. The Bertz CT molecular complexity index is 408. The molecule has 0 bridgehead atoms. The van der Waals surface area contributed by atoms with Crippen LogP contribution in [0.5, 0.6) is 0 Å². The first-order valence-corrected chi connectivity index (χ1v) is 4.59. The molecule has 0 aliphatic heterocycles. The van der Waals surface area contributed by atoms with Crippen molar-refractivity contribution in [3.05, 3.63) is 17.8 Å². The Morgan fingerprint density at radius 3 is 3.08 bits per heavy atom. The van der Waals surface area contributed by atoms with Crippen LogP contribution in [0.2, 0.25) is 0 Å². The number of aromatic nitrogens is 2. The summed E-state index contributed by atoms with van der Waals surface area (Å²) in [5.74, 6) is 0.588. The van der Waals surface area contributed by atoms with Gasteiger partial charge < -0.3 is 5.73 Å². The Labute approximate surface area is 74.4 Å². The standard InChI is InChI=1S/C8H9N3S/c1-2-5-3-4-6-7(9)11-12-8(6)10-5/h3-4H,2H2,1H3,(H2,9,11). The van der Waals surface area contributed by atoms with Crippen LogP contribution < -0.4 is 5.73 Å². The predicted octanol–water partition coefficient (Wildman–Crippen LogP) is 1.84. The normalized spacial score (nSPS) is 10.8. The summed E-state index contributed by atoms with van der Waals surface area (Å²) in [7, 11) is 0. The maximum absolute atomic E-state index is 5.63. The third-order valence-electron chi connectivity index (χ3n) is 1.79. The van der Waals surface area contributed by atoms with Crippen molar-refractivity contribution in [1.29, 1.82) is 0 Å². The number of hydrogen-bond donors (Lipinski definition) is 1. The molecule has 2 aromatic heterocycles. The summed E-state index contributed by atoms with van der Waals surface area (Å²) in [6.07, 6.45) is 0.952. The Hall–Kier alpha value is -1.16. The van der Waals surface area contributed by atoms with Gasteiger partial charge in [-0.3, -0.25) is 0 Å². The number of nitrogen functional groups attached to an aromatic ring is 1. The highest BCUT2D eigenvalue weighted by Crippen LogP contribution is 2.22. The summed E-state index contributed by atoms with van der Waals surface area (Å²) in [5.41, 5.74) is 6.72. The minimum absolute atomic E-state index is 0.588. The number of fused-ring (bicyclic) bond motifs is 1. The second-order valence-electron chi connectivity index (χ2n) is 2.58. The molecule has 0 aliphatic rings. The number of rotatable bonds is 1. The first kappa shape index (κ1) is 7.49. The minimum atomic E-state index is 0.588. The zero-order chi connectivity index (χ0) is 8.55. The second-order valence-corrected chi connectivity index (χ2v) is 3.33. The molecule has 0 aliphatic carbocycles. The van der Waals surface area contributed by atoms with Gasteiger partial charge in [0.25, 0.3) is 0 Å². The maximum Gasteiger partial charge on any atom is 0.146 e. The molecule has 2 N–H and O–H groups in total. The van der Waals surface area contributed by atoms with Crippen LogP contribution in [-0.2, 0) is 6.42 Å². The van der Waals surface area contributed by atoms with E-state index in [1.807, 2.05) is 12.1 Å². The molecular weight excluding hydrogens is 170 g/mol. The Kier molecular flexibility index (Phi) is 1.69. The number of anilines is 1. The molecule has 0 saturated carbocycles. The average Bonchev–Trinajstić information content (AvgIpc) is 2.47. The van der Waals surface area contributed by atoms with Gasteiger partial charge >= 0.3 is 0 Å². The third-order valence-corrected chi connectivity index (χ3v) is 2.56. The van der Waals surface area contributed by atoms with Crippen molar-refractivity contribution in [2.24, 2.45) is 0 Å². The van der Waals surface area contributed by atoms with Crippen LogP contribution in [0, 0.1) is 0 Å². The van der Waals surface area contributed by atoms with Crippen LogP contribution >= 0.6 is 11.5 Å². The van der Waals surface area contributed by atoms with Crippen LogP contribution in [0.15, 0.2) is 12.1 Å². The van der Waals surface area contributed by atoms with E-state index in [1.54, 1.807) is 0 Å². The van der Waals surface area contributed by atoms with Crippen LogP contribution in [0.1, 0.15) is 12.6 Å². The lowest BCUT2D eigenvalue weighted by molar-refractivity contribution is 1.06. The van der Waals surface area contributed by atoms with Crippen molar-refractivity contribution in [2.45, 2.75) is 13.3 Å². The molecule has 0 saturated heterocycles. The summed E-state index contributed by atoms with van der Waals surface area (Å²) < 4.78 is 4.03. The fraction of sp³-hybridized carbons (Fsp3) is 0.250. The molecule has 0 atom stereocenters. The van der Waals surface area contributed by atoms with Gasteiger partial charge in [-0.15, -0.1) is 0 Å². The topological polar surface area (TPSA) is 51.8 Å². The molecule has 0 unspecified atom stereocenters. The lowest BCUT2D eigenvalue weighted by atomic mass is 10.2. The second kappa shape index (κ2) is 2.71. The van der Waals surface area contributed by atoms with E-state index in [0.717, 1.165) is 22.3 Å². The highest BCUT2D eigenvalue weighted by atomic mass is 32.1. The molecule has 3 nitrogen and oxygen atoms in total. The molecule has 2 rings (SSSR count). The summed E-state index contributed by atoms with van der Waals surface area (Å²) in [4.78, 5) is 5.33. The highest BCUT2D eigenvalue weighted by Gasteiger charge is 2.03. The van der Waals surface area contributed by atoms with Crippen molar-refractivity contribution in [3.8, 4) is 0 Å². The van der Waals surface area contributed by atoms with E-state index in [2.05, 4.69) is 16.3 Å². The summed E-state index contributed by atoms with van der Waals surface area (Å²) in [5, 5.41) is 0.970. The number of pyridine rings is 1. The van der Waals surface area contributed by atoms with Gasteiger partial charge in [0, 0.05) is 5.69 Å². The molecule has 4 heteroatoms. The van der Waals surface area contributed by atoms with Crippen LogP contribution in [-0.4, -0.2) is 9.36 Å². The number of nitrogens with two attached hydrogens (primary N) is 1. The Morgan fingerprint density at radius 2 is 2.33 bits per heavy atom. The van der Waals surface area contributed by atoms with E-state index < -0.39 is 0 Å². The number of hydrogen-bond acceptors (Lipinski definition) is 4. The van der Waals surface area contributed by atoms with E-state index in [9.17, 15) is 0 Å². The number of aryl methyl sites for hydroxylation is 1. The molecule has 0 amide bonds. The van der Waals surface area contributed by atoms with E-state index >= 15 is 0 Å². The van der Waals surface area contributed by atoms with Crippen molar-refractivity contribution < 1.29 is 0 Å². The molecule has 2 aromatic rings. The van der Waals surface area contributed by atoms with Crippen molar-refractivity contribution in [3.63, 3.8) is 0 Å². The molecule has 62 valence electrons. The molecule has 12 heavy (non-hydrogen) atoms. The van der Waals surface area contributed by atoms with Crippen LogP contribution in [0.25, 0.3) is 10.2 Å². The van der Waals surface area contributed by atoms with Gasteiger partial charge in [0.15, 0.2) is 0 Å². The van der Waals surface area contributed by atoms with E-state index in [4.69, 9.17) is 5.73 Å². The van der Waals surface area contributed by atoms with Gasteiger partial charge in [-0.05, 0) is 30.1 Å². The lowest BCUT2D eigenvalue weighted by Crippen LogP contribution is -1.87. The summed E-state index contributed by atoms with van der Waals surface area (Å²) >= 11 is 1.36. The largest absolute Gasteiger partial charge is 0.382 e. The maximum atomic E-state index is 5.63. The number of nitrogens with zero attached hydrogens (tertiary/aromatic N) is 2. The average molecular weight is 179 g/mol. The van der Waals surface area contributed by atoms with Gasteiger partial charge in [-0.1, -0.05) is 6.92 Å². The lowest BCUT2D eigenvalue weighted by Gasteiger charge is -1.93. The van der Waals surface area contributed by atoms with E-state index in [0.29, 0.717) is 5.82 Å². The molecule has 2 heterocycles.